The zero-order valence-corrected chi connectivity index (χ0v) is 12.9. The lowest BCUT2D eigenvalue weighted by atomic mass is 10.1. The molecule has 2 heterocycles. The predicted octanol–water partition coefficient (Wildman–Crippen LogP) is 1.97. The van der Waals surface area contributed by atoms with Crippen molar-refractivity contribution >= 4 is 34.0 Å². The Labute approximate surface area is 122 Å². The average Bonchev–Trinajstić information content (AvgIpc) is 2.95. The second kappa shape index (κ2) is 6.07. The summed E-state index contributed by atoms with van der Waals surface area (Å²) in [6.07, 6.45) is 1.20. The van der Waals surface area contributed by atoms with Gasteiger partial charge in [0.15, 0.2) is 15.2 Å². The number of aromatic nitrogens is 1. The van der Waals surface area contributed by atoms with Crippen LogP contribution in [0, 0.1) is 5.92 Å². The van der Waals surface area contributed by atoms with Crippen molar-refractivity contribution in [3.8, 4) is 0 Å². The smallest absolute Gasteiger partial charge is 0.351 e. The number of methoxy groups -OCH3 is 1. The molecule has 0 radical (unpaired) electrons. The van der Waals surface area contributed by atoms with Crippen LogP contribution >= 0.6 is 22.9 Å². The number of ether oxygens (including phenoxy) is 1. The number of anilines is 1. The number of esters is 1. The van der Waals surface area contributed by atoms with Gasteiger partial charge in [0.05, 0.1) is 7.11 Å². The van der Waals surface area contributed by atoms with E-state index in [1.54, 1.807) is 0 Å². The molecule has 106 valence electrons. The largest absolute Gasteiger partial charge is 0.465 e. The van der Waals surface area contributed by atoms with Crippen LogP contribution in [0.3, 0.4) is 0 Å². The van der Waals surface area contributed by atoms with E-state index in [1.807, 2.05) is 7.05 Å². The van der Waals surface area contributed by atoms with Gasteiger partial charge in [-0.2, -0.15) is 0 Å². The van der Waals surface area contributed by atoms with Crippen LogP contribution in [-0.2, 0) is 4.74 Å². The molecular weight excluding hydrogens is 286 g/mol. The number of likely N-dealkylation sites (tertiary alicyclic amines) is 1. The third kappa shape index (κ3) is 3.38. The second-order valence-electron chi connectivity index (χ2n) is 4.91. The van der Waals surface area contributed by atoms with E-state index < -0.39 is 5.97 Å². The monoisotopic (exact) mass is 303 g/mol. The minimum Gasteiger partial charge on any atom is -0.465 e. The van der Waals surface area contributed by atoms with Crippen molar-refractivity contribution in [2.45, 2.75) is 6.42 Å². The molecule has 0 aliphatic carbocycles. The maximum absolute atomic E-state index is 11.5. The van der Waals surface area contributed by atoms with Crippen molar-refractivity contribution in [1.29, 1.82) is 0 Å². The summed E-state index contributed by atoms with van der Waals surface area (Å²) in [6, 6.07) is 0. The van der Waals surface area contributed by atoms with Gasteiger partial charge in [-0.15, -0.1) is 0 Å². The first-order valence-corrected chi connectivity index (χ1v) is 7.35. The summed E-state index contributed by atoms with van der Waals surface area (Å²) in [7, 11) is 5.46. The Kier molecular flexibility index (Phi) is 4.65. The van der Waals surface area contributed by atoms with Gasteiger partial charge in [0.1, 0.15) is 0 Å². The normalized spacial score (nSPS) is 19.7. The molecule has 19 heavy (non-hydrogen) atoms. The van der Waals surface area contributed by atoms with Gasteiger partial charge < -0.3 is 14.5 Å². The van der Waals surface area contributed by atoms with Crippen molar-refractivity contribution in [3.63, 3.8) is 0 Å². The van der Waals surface area contributed by atoms with E-state index in [2.05, 4.69) is 26.6 Å². The van der Waals surface area contributed by atoms with E-state index in [0.717, 1.165) is 24.8 Å². The summed E-state index contributed by atoms with van der Waals surface area (Å²) >= 11 is 7.25. The molecule has 0 aromatic carbocycles. The lowest BCUT2D eigenvalue weighted by molar-refractivity contribution is 0.0606. The Morgan fingerprint density at radius 3 is 3.00 bits per heavy atom. The molecule has 1 unspecified atom stereocenters. The minimum atomic E-state index is -0.428. The van der Waals surface area contributed by atoms with Gasteiger partial charge in [-0.3, -0.25) is 0 Å². The van der Waals surface area contributed by atoms with Gasteiger partial charge in [0.25, 0.3) is 0 Å². The van der Waals surface area contributed by atoms with Crippen molar-refractivity contribution < 1.29 is 9.53 Å². The van der Waals surface area contributed by atoms with Crippen LogP contribution in [-0.4, -0.2) is 56.7 Å². The molecule has 0 N–H and O–H groups in total. The number of nitrogens with zero attached hydrogens (tertiary/aromatic N) is 3. The molecule has 1 aliphatic heterocycles. The quantitative estimate of drug-likeness (QED) is 0.796. The molecule has 1 aromatic rings. The molecule has 1 aliphatic rings. The summed E-state index contributed by atoms with van der Waals surface area (Å²) in [6.45, 7) is 3.17. The van der Waals surface area contributed by atoms with E-state index in [-0.39, 0.29) is 5.15 Å². The Bertz CT molecular complexity index is 466. The first-order chi connectivity index (χ1) is 9.01. The van der Waals surface area contributed by atoms with E-state index in [4.69, 9.17) is 11.6 Å². The fourth-order valence-corrected chi connectivity index (χ4v) is 3.48. The second-order valence-corrected chi connectivity index (χ2v) is 6.24. The highest BCUT2D eigenvalue weighted by Crippen LogP contribution is 2.30. The Morgan fingerprint density at radius 1 is 1.68 bits per heavy atom. The van der Waals surface area contributed by atoms with Crippen LogP contribution in [0.25, 0.3) is 0 Å². The number of carbonyl (C=O) groups is 1. The molecule has 5 nitrogen and oxygen atoms in total. The predicted molar refractivity (Wildman–Crippen MR) is 77.3 cm³/mol. The summed E-state index contributed by atoms with van der Waals surface area (Å²) in [5, 5.41) is 0.988. The highest BCUT2D eigenvalue weighted by molar-refractivity contribution is 7.18. The molecule has 0 saturated carbocycles. The van der Waals surface area contributed by atoms with Crippen LogP contribution in [0.2, 0.25) is 5.15 Å². The highest BCUT2D eigenvalue weighted by atomic mass is 35.5. The minimum absolute atomic E-state index is 0.224. The maximum atomic E-state index is 11.5. The molecule has 7 heteroatoms. The van der Waals surface area contributed by atoms with Crippen LogP contribution in [0.1, 0.15) is 16.1 Å². The lowest BCUT2D eigenvalue weighted by Crippen LogP contribution is -2.27. The molecule has 0 bridgehead atoms. The van der Waals surface area contributed by atoms with Crippen LogP contribution < -0.4 is 4.90 Å². The van der Waals surface area contributed by atoms with Crippen molar-refractivity contribution in [2.75, 3.05) is 45.7 Å². The first kappa shape index (κ1) is 14.6. The summed E-state index contributed by atoms with van der Waals surface area (Å²) in [5.74, 6) is 0.210. The van der Waals surface area contributed by atoms with E-state index >= 15 is 0 Å². The molecule has 1 atom stereocenters. The van der Waals surface area contributed by atoms with Gasteiger partial charge >= 0.3 is 5.97 Å². The third-order valence-electron chi connectivity index (χ3n) is 3.29. The summed E-state index contributed by atoms with van der Waals surface area (Å²) in [5.41, 5.74) is 0. The number of hydrogen-bond donors (Lipinski definition) is 0. The third-order valence-corrected chi connectivity index (χ3v) is 4.83. The standard InChI is InChI=1S/C12H18ClN3O2S/c1-15-5-4-8(6-15)7-16(2)12-14-10(13)9(19-12)11(17)18-3/h8H,4-7H2,1-3H3. The van der Waals surface area contributed by atoms with Gasteiger partial charge in [0.2, 0.25) is 0 Å². The van der Waals surface area contributed by atoms with E-state index in [0.29, 0.717) is 10.8 Å². The van der Waals surface area contributed by atoms with Crippen LogP contribution in [0.15, 0.2) is 0 Å². The molecule has 1 fully saturated rings. The van der Waals surface area contributed by atoms with Gasteiger partial charge in [-0.1, -0.05) is 22.9 Å². The fraction of sp³-hybridized carbons (Fsp3) is 0.667. The zero-order valence-electron chi connectivity index (χ0n) is 11.4. The number of hydrogen-bond acceptors (Lipinski definition) is 6. The lowest BCUT2D eigenvalue weighted by Gasteiger charge is -2.20. The number of carbonyl (C=O) groups excluding carboxylic acids is 1. The molecule has 0 spiro atoms. The van der Waals surface area contributed by atoms with Gasteiger partial charge in [-0.25, -0.2) is 9.78 Å². The highest BCUT2D eigenvalue weighted by Gasteiger charge is 2.24. The molecule has 1 saturated heterocycles. The SMILES string of the molecule is COC(=O)c1sc(N(C)CC2CCN(C)C2)nc1Cl. The summed E-state index contributed by atoms with van der Waals surface area (Å²) in [4.78, 5) is 20.5. The first-order valence-electron chi connectivity index (χ1n) is 6.15. The van der Waals surface area contributed by atoms with Crippen molar-refractivity contribution in [3.05, 3.63) is 10.0 Å². The van der Waals surface area contributed by atoms with Gasteiger partial charge in [0, 0.05) is 20.1 Å². The maximum Gasteiger partial charge on any atom is 0.351 e. The van der Waals surface area contributed by atoms with Crippen LogP contribution in [0.4, 0.5) is 5.13 Å². The van der Waals surface area contributed by atoms with E-state index in [1.165, 1.54) is 24.9 Å². The summed E-state index contributed by atoms with van der Waals surface area (Å²) < 4.78 is 4.68. The fourth-order valence-electron chi connectivity index (χ4n) is 2.31. The zero-order chi connectivity index (χ0) is 14.0. The average molecular weight is 304 g/mol. The Balaban J connectivity index is 2.03. The Hall–Kier alpha value is -0.850. The van der Waals surface area contributed by atoms with Crippen LogP contribution in [0.5, 0.6) is 0 Å². The van der Waals surface area contributed by atoms with Crippen molar-refractivity contribution in [1.82, 2.24) is 9.88 Å². The van der Waals surface area contributed by atoms with Crippen molar-refractivity contribution in [2.24, 2.45) is 5.92 Å². The number of halogens is 1. The van der Waals surface area contributed by atoms with Gasteiger partial charge in [-0.05, 0) is 25.9 Å². The number of thiazole rings is 1. The molecule has 0 amide bonds. The Morgan fingerprint density at radius 2 is 2.42 bits per heavy atom. The molecule has 1 aromatic heterocycles. The molecular formula is C12H18ClN3O2S. The van der Waals surface area contributed by atoms with E-state index in [9.17, 15) is 4.79 Å². The topological polar surface area (TPSA) is 45.7 Å². The number of rotatable bonds is 4. The molecule has 2 rings (SSSR count).